The second-order valence-electron chi connectivity index (χ2n) is 7.20. The summed E-state index contributed by atoms with van der Waals surface area (Å²) in [4.78, 5) is 8.28. The molecule has 1 aliphatic rings. The van der Waals surface area contributed by atoms with E-state index < -0.39 is 24.1 Å². The third-order valence-corrected chi connectivity index (χ3v) is 5.23. The maximum atomic E-state index is 13.5. The highest BCUT2D eigenvalue weighted by atomic mass is 19.4. The number of rotatable bonds is 2. The van der Waals surface area contributed by atoms with E-state index in [1.54, 1.807) is 18.5 Å². The molecular formula is C19H14F4N6O. The normalized spacial score (nSPS) is 19.2. The minimum Gasteiger partial charge on any atom is -0.358 e. The van der Waals surface area contributed by atoms with Crippen LogP contribution in [-0.4, -0.2) is 41.7 Å². The molecule has 11 heteroatoms. The van der Waals surface area contributed by atoms with Crippen LogP contribution in [-0.2, 0) is 17.9 Å². The van der Waals surface area contributed by atoms with E-state index in [-0.39, 0.29) is 6.61 Å². The van der Waals surface area contributed by atoms with Gasteiger partial charge in [0.15, 0.2) is 11.2 Å². The molecule has 154 valence electrons. The van der Waals surface area contributed by atoms with Crippen molar-refractivity contribution in [3.05, 3.63) is 48.3 Å². The van der Waals surface area contributed by atoms with Crippen molar-refractivity contribution in [3.8, 4) is 22.5 Å². The fraction of sp³-hybridized carbons (Fsp3) is 0.263. The number of nitrogens with one attached hydrogen (secondary N) is 1. The zero-order valence-electron chi connectivity index (χ0n) is 15.5. The molecule has 0 fully saturated rings. The van der Waals surface area contributed by atoms with Crippen LogP contribution in [0.15, 0.2) is 36.8 Å². The number of pyridine rings is 2. The summed E-state index contributed by atoms with van der Waals surface area (Å²) in [6.07, 6.45) is -0.397. The van der Waals surface area contributed by atoms with Gasteiger partial charge in [-0.25, -0.2) is 9.37 Å². The zero-order valence-corrected chi connectivity index (χ0v) is 15.5. The smallest absolute Gasteiger partial charge is 0.358 e. The fourth-order valence-corrected chi connectivity index (χ4v) is 3.55. The summed E-state index contributed by atoms with van der Waals surface area (Å²) in [5, 5.41) is 11.9. The SMILES string of the molecule is C[C@@]1(C(F)(F)F)Cn2nc(-c3ccc(F)cn3)c(-c3ccnc4[nH]ncc34)c2CO1. The Labute approximate surface area is 166 Å². The molecule has 0 saturated heterocycles. The molecule has 4 aromatic rings. The van der Waals surface area contributed by atoms with E-state index >= 15 is 0 Å². The van der Waals surface area contributed by atoms with E-state index in [0.717, 1.165) is 13.1 Å². The largest absolute Gasteiger partial charge is 0.419 e. The van der Waals surface area contributed by atoms with Crippen molar-refractivity contribution in [2.75, 3.05) is 0 Å². The quantitative estimate of drug-likeness (QED) is 0.500. The first kappa shape index (κ1) is 18.7. The second-order valence-corrected chi connectivity index (χ2v) is 7.20. The monoisotopic (exact) mass is 418 g/mol. The first-order valence-corrected chi connectivity index (χ1v) is 8.97. The van der Waals surface area contributed by atoms with Gasteiger partial charge in [-0.3, -0.25) is 14.8 Å². The number of alkyl halides is 3. The molecule has 0 aliphatic carbocycles. The van der Waals surface area contributed by atoms with Gasteiger partial charge in [-0.1, -0.05) is 0 Å². The Morgan fingerprint density at radius 3 is 2.73 bits per heavy atom. The Bertz CT molecular complexity index is 1250. The molecule has 1 aliphatic heterocycles. The number of hydrogen-bond donors (Lipinski definition) is 1. The van der Waals surface area contributed by atoms with Crippen LogP contribution in [0, 0.1) is 5.82 Å². The van der Waals surface area contributed by atoms with Gasteiger partial charge in [-0.05, 0) is 25.1 Å². The summed E-state index contributed by atoms with van der Waals surface area (Å²) in [5.41, 5.74) is 0.473. The molecule has 0 radical (unpaired) electrons. The molecule has 0 unspecified atom stereocenters. The first-order valence-electron chi connectivity index (χ1n) is 8.97. The maximum absolute atomic E-state index is 13.5. The molecule has 0 aromatic carbocycles. The molecule has 1 N–H and O–H groups in total. The molecule has 0 bridgehead atoms. The van der Waals surface area contributed by atoms with E-state index in [2.05, 4.69) is 25.3 Å². The van der Waals surface area contributed by atoms with Gasteiger partial charge in [0.25, 0.3) is 0 Å². The molecular weight excluding hydrogens is 404 g/mol. The Kier molecular flexibility index (Phi) is 3.94. The minimum atomic E-state index is -4.57. The molecule has 4 aromatic heterocycles. The van der Waals surface area contributed by atoms with E-state index in [9.17, 15) is 17.6 Å². The number of fused-ring (bicyclic) bond motifs is 2. The van der Waals surface area contributed by atoms with E-state index in [4.69, 9.17) is 4.74 Å². The summed E-state index contributed by atoms with van der Waals surface area (Å²) in [7, 11) is 0. The summed E-state index contributed by atoms with van der Waals surface area (Å²) < 4.78 is 60.6. The van der Waals surface area contributed by atoms with Crippen molar-refractivity contribution in [3.63, 3.8) is 0 Å². The number of halogens is 4. The van der Waals surface area contributed by atoms with E-state index in [0.29, 0.717) is 39.2 Å². The van der Waals surface area contributed by atoms with Gasteiger partial charge in [0.1, 0.15) is 11.5 Å². The maximum Gasteiger partial charge on any atom is 0.419 e. The minimum absolute atomic E-state index is 0.304. The van der Waals surface area contributed by atoms with E-state index in [1.807, 2.05) is 0 Å². The highest BCUT2D eigenvalue weighted by Crippen LogP contribution is 2.43. The molecule has 5 heterocycles. The molecule has 5 rings (SSSR count). The van der Waals surface area contributed by atoms with Crippen LogP contribution in [0.5, 0.6) is 0 Å². The summed E-state index contributed by atoms with van der Waals surface area (Å²) in [5.74, 6) is -0.529. The Morgan fingerprint density at radius 2 is 2.00 bits per heavy atom. The van der Waals surface area contributed by atoms with Crippen molar-refractivity contribution in [1.29, 1.82) is 0 Å². The second kappa shape index (κ2) is 6.33. The number of H-pyrrole nitrogens is 1. The summed E-state index contributed by atoms with van der Waals surface area (Å²) in [6.45, 7) is 0.175. The number of aromatic nitrogens is 6. The van der Waals surface area contributed by atoms with Crippen LogP contribution in [0.2, 0.25) is 0 Å². The topological polar surface area (TPSA) is 81.5 Å². The number of aromatic amines is 1. The average Bonchev–Trinajstić information content (AvgIpc) is 3.31. The number of hydrogen-bond acceptors (Lipinski definition) is 5. The van der Waals surface area contributed by atoms with Gasteiger partial charge in [0.2, 0.25) is 0 Å². The average molecular weight is 418 g/mol. The van der Waals surface area contributed by atoms with E-state index in [1.165, 1.54) is 16.8 Å². The lowest BCUT2D eigenvalue weighted by molar-refractivity contribution is -0.287. The summed E-state index contributed by atoms with van der Waals surface area (Å²) in [6, 6.07) is 4.38. The van der Waals surface area contributed by atoms with Gasteiger partial charge < -0.3 is 4.74 Å². The molecule has 7 nitrogen and oxygen atoms in total. The van der Waals surface area contributed by atoms with Crippen LogP contribution in [0.25, 0.3) is 33.5 Å². The Balaban J connectivity index is 1.75. The van der Waals surface area contributed by atoms with Crippen LogP contribution in [0.4, 0.5) is 17.6 Å². The standard InChI is InChI=1S/C19H14F4N6O/c1-18(19(21,22)23)9-29-14(8-30-18)15(11-4-5-24-17-12(11)7-26-27-17)16(28-29)13-3-2-10(20)6-25-13/h2-7H,8-9H2,1H3,(H,24,26,27)/t18-/m0/s1. The molecule has 0 spiro atoms. The van der Waals surface area contributed by atoms with Crippen molar-refractivity contribution in [2.24, 2.45) is 0 Å². The Hall–Kier alpha value is -3.34. The number of nitrogens with zero attached hydrogens (tertiary/aromatic N) is 5. The van der Waals surface area contributed by atoms with Crippen molar-refractivity contribution >= 4 is 11.0 Å². The van der Waals surface area contributed by atoms with Crippen molar-refractivity contribution in [2.45, 2.75) is 31.9 Å². The fourth-order valence-electron chi connectivity index (χ4n) is 3.55. The van der Waals surface area contributed by atoms with Crippen LogP contribution < -0.4 is 0 Å². The van der Waals surface area contributed by atoms with Gasteiger partial charge in [-0.2, -0.15) is 23.4 Å². The van der Waals surface area contributed by atoms with Crippen LogP contribution in [0.3, 0.4) is 0 Å². The van der Waals surface area contributed by atoms with Crippen LogP contribution in [0.1, 0.15) is 12.6 Å². The predicted molar refractivity (Wildman–Crippen MR) is 97.5 cm³/mol. The highest BCUT2D eigenvalue weighted by molar-refractivity contribution is 5.97. The van der Waals surface area contributed by atoms with Gasteiger partial charge in [0, 0.05) is 22.7 Å². The predicted octanol–water partition coefficient (Wildman–Crippen LogP) is 3.87. The molecule has 0 saturated carbocycles. The lowest BCUT2D eigenvalue weighted by Gasteiger charge is -2.36. The van der Waals surface area contributed by atoms with Crippen LogP contribution >= 0.6 is 0 Å². The van der Waals surface area contributed by atoms with Gasteiger partial charge in [-0.15, -0.1) is 0 Å². The third-order valence-electron chi connectivity index (χ3n) is 5.23. The summed E-state index contributed by atoms with van der Waals surface area (Å²) >= 11 is 0. The lowest BCUT2D eigenvalue weighted by atomic mass is 9.98. The molecule has 1 atom stereocenters. The third kappa shape index (κ3) is 2.76. The van der Waals surface area contributed by atoms with Gasteiger partial charge in [0.05, 0.1) is 36.9 Å². The first-order chi connectivity index (χ1) is 14.3. The highest BCUT2D eigenvalue weighted by Gasteiger charge is 2.55. The Morgan fingerprint density at radius 1 is 1.17 bits per heavy atom. The lowest BCUT2D eigenvalue weighted by Crippen LogP contribution is -2.51. The van der Waals surface area contributed by atoms with Crippen molar-refractivity contribution in [1.82, 2.24) is 29.9 Å². The van der Waals surface area contributed by atoms with Gasteiger partial charge >= 0.3 is 6.18 Å². The molecule has 30 heavy (non-hydrogen) atoms. The number of ether oxygens (including phenoxy) is 1. The molecule has 0 amide bonds. The zero-order chi connectivity index (χ0) is 21.1. The van der Waals surface area contributed by atoms with Crippen molar-refractivity contribution < 1.29 is 22.3 Å².